The maximum atomic E-state index is 15.5. The number of allylic oxidation sites excluding steroid dienone is 2. The number of nitrogens with one attached hydrogen (secondary N) is 1. The number of furan rings is 1. The third-order valence-electron chi connectivity index (χ3n) is 7.60. The van der Waals surface area contributed by atoms with E-state index < -0.39 is 71.4 Å². The van der Waals surface area contributed by atoms with Crippen LogP contribution in [0, 0.1) is 17.2 Å². The van der Waals surface area contributed by atoms with Crippen LogP contribution in [0.2, 0.25) is 0 Å². The average Bonchev–Trinajstić information content (AvgIpc) is 3.57. The number of hydrogen-bond donors (Lipinski definition) is 2. The van der Waals surface area contributed by atoms with E-state index in [1.165, 1.54) is 47.6 Å². The molecule has 3 aromatic heterocycles. The van der Waals surface area contributed by atoms with Crippen LogP contribution in [0.5, 0.6) is 0 Å². The second-order valence-corrected chi connectivity index (χ2v) is 11.6. The predicted molar refractivity (Wildman–Crippen MR) is 155 cm³/mol. The van der Waals surface area contributed by atoms with E-state index in [1.807, 2.05) is 0 Å². The van der Waals surface area contributed by atoms with Crippen LogP contribution in [0.1, 0.15) is 31.3 Å². The Balaban J connectivity index is 1.46. The number of nitrogens with zero attached hydrogens (tertiary/aromatic N) is 3. The molecule has 0 bridgehead atoms. The van der Waals surface area contributed by atoms with Crippen molar-refractivity contribution < 1.29 is 37.4 Å². The summed E-state index contributed by atoms with van der Waals surface area (Å²) in [7, 11) is 0. The molecule has 1 amide bonds. The molecule has 1 aromatic carbocycles. The SMILES string of the molecule is CC(C)(C)C(=O)OCN1C=NC2C=C(F)C(Cn3c(C(=O)O)c(-c4ccc[nH]c4=O)c4c5occc5c(F)cc43)=CC2C1=O. The molecule has 4 heterocycles. The van der Waals surface area contributed by atoms with Gasteiger partial charge in [0.2, 0.25) is 5.91 Å². The number of amides is 1. The largest absolute Gasteiger partial charge is 0.477 e. The number of carbonyl (C=O) groups excluding carboxylic acids is 2. The topological polar surface area (TPSA) is 147 Å². The Morgan fingerprint density at radius 2 is 1.95 bits per heavy atom. The summed E-state index contributed by atoms with van der Waals surface area (Å²) in [5.41, 5.74) is -1.83. The molecule has 0 spiro atoms. The number of aromatic nitrogens is 2. The van der Waals surface area contributed by atoms with Crippen LogP contribution in [-0.4, -0.2) is 56.5 Å². The number of H-pyrrole nitrogens is 1. The number of esters is 1. The van der Waals surface area contributed by atoms with Crippen molar-refractivity contribution in [3.63, 3.8) is 0 Å². The molecule has 0 radical (unpaired) electrons. The Labute approximate surface area is 247 Å². The van der Waals surface area contributed by atoms with Gasteiger partial charge in [-0.25, -0.2) is 13.6 Å². The molecule has 0 saturated heterocycles. The number of rotatable bonds is 6. The first kappa shape index (κ1) is 28.8. The Hall–Kier alpha value is -5.33. The van der Waals surface area contributed by atoms with E-state index in [1.54, 1.807) is 20.8 Å². The molecular weight excluding hydrogens is 578 g/mol. The van der Waals surface area contributed by atoms with Gasteiger partial charge in [0.15, 0.2) is 6.73 Å². The summed E-state index contributed by atoms with van der Waals surface area (Å²) in [6.07, 6.45) is 6.30. The highest BCUT2D eigenvalue weighted by Crippen LogP contribution is 2.41. The maximum absolute atomic E-state index is 15.5. The minimum atomic E-state index is -1.46. The molecule has 4 aromatic rings. The summed E-state index contributed by atoms with van der Waals surface area (Å²) >= 11 is 0. The number of aliphatic imine (C=N–C) groups is 1. The number of benzene rings is 1. The summed E-state index contributed by atoms with van der Waals surface area (Å²) < 4.78 is 42.8. The van der Waals surface area contributed by atoms with Gasteiger partial charge in [-0.05, 0) is 51.1 Å². The fourth-order valence-corrected chi connectivity index (χ4v) is 5.43. The number of pyridine rings is 1. The zero-order chi connectivity index (χ0) is 31.5. The summed E-state index contributed by atoms with van der Waals surface area (Å²) in [5, 5.41) is 10.6. The quantitative estimate of drug-likeness (QED) is 0.301. The highest BCUT2D eigenvalue weighted by Gasteiger charge is 2.38. The summed E-state index contributed by atoms with van der Waals surface area (Å²) in [6, 6.07) is 4.55. The molecule has 0 fully saturated rings. The number of fused-ring (bicyclic) bond motifs is 4. The molecule has 2 atom stereocenters. The van der Waals surface area contributed by atoms with E-state index in [0.717, 1.165) is 17.0 Å². The molecular formula is C31H26F2N4O7. The molecule has 11 nitrogen and oxygen atoms in total. The number of halogens is 2. The second kappa shape index (κ2) is 10.4. The second-order valence-electron chi connectivity index (χ2n) is 11.6. The molecule has 2 aliphatic rings. The lowest BCUT2D eigenvalue weighted by Crippen LogP contribution is -2.45. The van der Waals surface area contributed by atoms with Crippen molar-refractivity contribution in [3.05, 3.63) is 82.1 Å². The van der Waals surface area contributed by atoms with Crippen LogP contribution in [0.4, 0.5) is 8.78 Å². The van der Waals surface area contributed by atoms with Crippen molar-refractivity contribution in [2.75, 3.05) is 6.73 Å². The van der Waals surface area contributed by atoms with Gasteiger partial charge in [-0.2, -0.15) is 0 Å². The molecule has 1 aliphatic heterocycles. The number of hydrogen-bond acceptors (Lipinski definition) is 7. The third-order valence-corrected chi connectivity index (χ3v) is 7.60. The molecule has 44 heavy (non-hydrogen) atoms. The maximum Gasteiger partial charge on any atom is 0.353 e. The van der Waals surface area contributed by atoms with E-state index in [2.05, 4.69) is 9.98 Å². The van der Waals surface area contributed by atoms with Crippen molar-refractivity contribution in [2.24, 2.45) is 16.3 Å². The van der Waals surface area contributed by atoms with E-state index in [0.29, 0.717) is 0 Å². The zero-order valence-corrected chi connectivity index (χ0v) is 23.8. The van der Waals surface area contributed by atoms with Crippen LogP contribution in [0.3, 0.4) is 0 Å². The fourth-order valence-electron chi connectivity index (χ4n) is 5.43. The number of carbonyl (C=O) groups is 3. The van der Waals surface area contributed by atoms with Gasteiger partial charge in [-0.3, -0.25) is 24.3 Å². The number of aromatic amines is 1. The van der Waals surface area contributed by atoms with Crippen LogP contribution >= 0.6 is 0 Å². The first-order valence-electron chi connectivity index (χ1n) is 13.6. The number of carboxylic acids is 1. The molecule has 6 rings (SSSR count). The van der Waals surface area contributed by atoms with Crippen LogP contribution in [0.25, 0.3) is 33.0 Å². The van der Waals surface area contributed by atoms with E-state index in [9.17, 15) is 24.3 Å². The normalized spacial score (nSPS) is 18.4. The zero-order valence-electron chi connectivity index (χ0n) is 23.8. The predicted octanol–water partition coefficient (Wildman–Crippen LogP) is 4.78. The Kier molecular flexibility index (Phi) is 6.82. The first-order chi connectivity index (χ1) is 20.9. The Morgan fingerprint density at radius 3 is 2.66 bits per heavy atom. The highest BCUT2D eigenvalue weighted by atomic mass is 19.1. The highest BCUT2D eigenvalue weighted by molar-refractivity contribution is 6.17. The minimum absolute atomic E-state index is 0.0103. The van der Waals surface area contributed by atoms with Gasteiger partial charge in [0.25, 0.3) is 5.56 Å². The average molecular weight is 605 g/mol. The van der Waals surface area contributed by atoms with Crippen molar-refractivity contribution in [1.82, 2.24) is 14.5 Å². The summed E-state index contributed by atoms with van der Waals surface area (Å²) in [5.74, 6) is -4.94. The molecule has 2 N–H and O–H groups in total. The first-order valence-corrected chi connectivity index (χ1v) is 13.6. The molecule has 2 unspecified atom stereocenters. The van der Waals surface area contributed by atoms with Crippen molar-refractivity contribution >= 4 is 46.1 Å². The smallest absolute Gasteiger partial charge is 0.353 e. The third kappa shape index (κ3) is 4.70. The van der Waals surface area contributed by atoms with Gasteiger partial charge in [-0.1, -0.05) is 6.08 Å². The van der Waals surface area contributed by atoms with Gasteiger partial charge in [-0.15, -0.1) is 0 Å². The lowest BCUT2D eigenvalue weighted by Gasteiger charge is -2.32. The lowest BCUT2D eigenvalue weighted by atomic mass is 9.89. The minimum Gasteiger partial charge on any atom is -0.477 e. The van der Waals surface area contributed by atoms with E-state index >= 15 is 8.78 Å². The van der Waals surface area contributed by atoms with Crippen LogP contribution in [0.15, 0.2) is 74.5 Å². The Bertz CT molecular complexity index is 2030. The Morgan fingerprint density at radius 1 is 1.18 bits per heavy atom. The lowest BCUT2D eigenvalue weighted by molar-refractivity contribution is -0.158. The van der Waals surface area contributed by atoms with Gasteiger partial charge in [0.1, 0.15) is 22.9 Å². The fraction of sp³-hybridized carbons (Fsp3) is 0.258. The summed E-state index contributed by atoms with van der Waals surface area (Å²) in [4.78, 5) is 59.1. The van der Waals surface area contributed by atoms with Gasteiger partial charge in [0.05, 0.1) is 58.4 Å². The molecule has 0 saturated carbocycles. The van der Waals surface area contributed by atoms with Crippen LogP contribution < -0.4 is 5.56 Å². The standard InChI is InChI=1S/C31H26F2N4O7/c1-31(2,3)30(42)44-14-36-13-35-21-10-19(32)15(9-18(21)28(36)39)12-37-22-11-20(33)16-6-8-43-26(16)24(22)23(25(37)29(40)41)17-5-4-7-34-27(17)38/h4-11,13,18,21H,12,14H2,1-3H3,(H,34,38)(H,40,41). The number of carboxylic acid groups (broad SMARTS) is 1. The van der Waals surface area contributed by atoms with Gasteiger partial charge >= 0.3 is 11.9 Å². The molecule has 226 valence electrons. The monoisotopic (exact) mass is 604 g/mol. The molecule has 13 heteroatoms. The van der Waals surface area contributed by atoms with Crippen molar-refractivity contribution in [1.29, 1.82) is 0 Å². The van der Waals surface area contributed by atoms with Gasteiger partial charge < -0.3 is 23.8 Å². The number of ether oxygens (including phenoxy) is 1. The van der Waals surface area contributed by atoms with Crippen molar-refractivity contribution in [2.45, 2.75) is 33.4 Å². The van der Waals surface area contributed by atoms with Crippen LogP contribution in [-0.2, 0) is 20.9 Å². The number of aromatic carboxylic acids is 1. The van der Waals surface area contributed by atoms with Gasteiger partial charge in [0, 0.05) is 17.3 Å². The summed E-state index contributed by atoms with van der Waals surface area (Å²) in [6.45, 7) is 4.17. The van der Waals surface area contributed by atoms with E-state index in [-0.39, 0.29) is 38.6 Å². The molecule has 1 aliphatic carbocycles. The van der Waals surface area contributed by atoms with Crippen molar-refractivity contribution in [3.8, 4) is 11.1 Å². The van der Waals surface area contributed by atoms with E-state index in [4.69, 9.17) is 9.15 Å².